The van der Waals surface area contributed by atoms with Crippen LogP contribution in [0.5, 0.6) is 0 Å². The van der Waals surface area contributed by atoms with Gasteiger partial charge in [-0.25, -0.2) is 4.79 Å². The molecule has 3 rings (SSSR count). The number of thiophene rings is 1. The van der Waals surface area contributed by atoms with Gasteiger partial charge in [-0.2, -0.15) is 0 Å². The van der Waals surface area contributed by atoms with E-state index in [0.717, 1.165) is 24.0 Å². The van der Waals surface area contributed by atoms with Gasteiger partial charge in [0.2, 0.25) is 0 Å². The Morgan fingerprint density at radius 2 is 2.05 bits per heavy atom. The van der Waals surface area contributed by atoms with E-state index in [4.69, 9.17) is 10.5 Å². The van der Waals surface area contributed by atoms with Crippen molar-refractivity contribution in [2.45, 2.75) is 32.6 Å². The smallest absolute Gasteiger partial charge is 0.341 e. The lowest BCUT2D eigenvalue weighted by atomic mass is 9.89. The summed E-state index contributed by atoms with van der Waals surface area (Å²) in [6.07, 6.45) is 4.79. The van der Waals surface area contributed by atoms with E-state index < -0.39 is 0 Å². The number of carbonyl (C=O) groups excluding carboxylic acids is 1. The Hall–Kier alpha value is -1.81. The summed E-state index contributed by atoms with van der Waals surface area (Å²) in [4.78, 5) is 12.1. The molecule has 0 amide bonds. The minimum atomic E-state index is -0.330. The average molecular weight is 301 g/mol. The first-order chi connectivity index (χ1) is 10.2. The van der Waals surface area contributed by atoms with Crippen molar-refractivity contribution in [3.05, 3.63) is 40.3 Å². The van der Waals surface area contributed by atoms with E-state index >= 15 is 0 Å². The SMILES string of the molecule is CCOC(=O)c1c(-c2ccc3c(c2)CCCC3)csc1N. The van der Waals surface area contributed by atoms with Crippen LogP contribution in [0, 0.1) is 0 Å². The quantitative estimate of drug-likeness (QED) is 0.870. The van der Waals surface area contributed by atoms with Crippen LogP contribution in [0.3, 0.4) is 0 Å². The summed E-state index contributed by atoms with van der Waals surface area (Å²) in [7, 11) is 0. The van der Waals surface area contributed by atoms with Gasteiger partial charge in [0, 0.05) is 10.9 Å². The lowest BCUT2D eigenvalue weighted by molar-refractivity contribution is 0.0529. The second-order valence-electron chi connectivity index (χ2n) is 5.30. The summed E-state index contributed by atoms with van der Waals surface area (Å²) in [5.74, 6) is -0.330. The van der Waals surface area contributed by atoms with E-state index in [2.05, 4.69) is 18.2 Å². The maximum absolute atomic E-state index is 12.1. The monoisotopic (exact) mass is 301 g/mol. The lowest BCUT2D eigenvalue weighted by Gasteiger charge is -2.16. The standard InChI is InChI=1S/C17H19NO2S/c1-2-20-17(19)15-14(10-21-16(15)18)13-8-7-11-5-3-4-6-12(11)9-13/h7-10H,2-6,18H2,1H3. The zero-order valence-corrected chi connectivity index (χ0v) is 13.0. The highest BCUT2D eigenvalue weighted by atomic mass is 32.1. The predicted molar refractivity (Wildman–Crippen MR) is 86.8 cm³/mol. The molecular weight excluding hydrogens is 282 g/mol. The van der Waals surface area contributed by atoms with Gasteiger partial charge in [-0.3, -0.25) is 0 Å². The average Bonchev–Trinajstić information content (AvgIpc) is 2.89. The van der Waals surface area contributed by atoms with Gasteiger partial charge in [0.15, 0.2) is 0 Å². The number of nitrogens with two attached hydrogens (primary N) is 1. The number of rotatable bonds is 3. The molecule has 0 spiro atoms. The fourth-order valence-corrected chi connectivity index (χ4v) is 3.71. The highest BCUT2D eigenvalue weighted by molar-refractivity contribution is 7.14. The summed E-state index contributed by atoms with van der Waals surface area (Å²) in [5, 5.41) is 2.48. The van der Waals surface area contributed by atoms with Gasteiger partial charge in [-0.15, -0.1) is 11.3 Å². The van der Waals surface area contributed by atoms with Crippen molar-refractivity contribution in [1.82, 2.24) is 0 Å². The van der Waals surface area contributed by atoms with Crippen LogP contribution < -0.4 is 5.73 Å². The number of nitrogen functional groups attached to an aromatic ring is 1. The Kier molecular flexibility index (Phi) is 3.97. The van der Waals surface area contributed by atoms with Crippen molar-refractivity contribution in [2.75, 3.05) is 12.3 Å². The Morgan fingerprint density at radius 3 is 2.81 bits per heavy atom. The van der Waals surface area contributed by atoms with Crippen LogP contribution in [0.2, 0.25) is 0 Å². The summed E-state index contributed by atoms with van der Waals surface area (Å²) in [5.41, 5.74) is 11.3. The number of aryl methyl sites for hydroxylation is 2. The minimum Gasteiger partial charge on any atom is -0.462 e. The molecule has 2 aromatic rings. The maximum Gasteiger partial charge on any atom is 0.341 e. The number of ether oxygens (including phenoxy) is 1. The van der Waals surface area contributed by atoms with Gasteiger partial charge in [-0.1, -0.05) is 18.2 Å². The number of benzene rings is 1. The number of esters is 1. The minimum absolute atomic E-state index is 0.330. The second kappa shape index (κ2) is 5.90. The van der Waals surface area contributed by atoms with Crippen LogP contribution >= 0.6 is 11.3 Å². The second-order valence-corrected chi connectivity index (χ2v) is 6.21. The largest absolute Gasteiger partial charge is 0.462 e. The summed E-state index contributed by atoms with van der Waals surface area (Å²) in [6.45, 7) is 2.16. The molecule has 4 heteroatoms. The molecule has 0 saturated heterocycles. The first-order valence-corrected chi connectivity index (χ1v) is 8.25. The van der Waals surface area contributed by atoms with Crippen LogP contribution in [-0.2, 0) is 17.6 Å². The highest BCUT2D eigenvalue weighted by Gasteiger charge is 2.20. The molecule has 110 valence electrons. The Balaban J connectivity index is 2.03. The van der Waals surface area contributed by atoms with E-state index in [-0.39, 0.29) is 5.97 Å². The van der Waals surface area contributed by atoms with Gasteiger partial charge in [0.1, 0.15) is 10.6 Å². The first kappa shape index (κ1) is 14.1. The van der Waals surface area contributed by atoms with Crippen LogP contribution in [0.1, 0.15) is 41.3 Å². The lowest BCUT2D eigenvalue weighted by Crippen LogP contribution is -2.07. The van der Waals surface area contributed by atoms with E-state index in [1.54, 1.807) is 6.92 Å². The fourth-order valence-electron chi connectivity index (χ4n) is 2.90. The number of carbonyl (C=O) groups is 1. The van der Waals surface area contributed by atoms with Gasteiger partial charge < -0.3 is 10.5 Å². The molecule has 0 saturated carbocycles. The summed E-state index contributed by atoms with van der Waals surface area (Å²) in [6, 6.07) is 6.49. The Bertz CT molecular complexity index is 675. The molecule has 0 aliphatic heterocycles. The molecule has 1 aliphatic carbocycles. The zero-order chi connectivity index (χ0) is 14.8. The van der Waals surface area contributed by atoms with E-state index in [0.29, 0.717) is 17.2 Å². The fraction of sp³-hybridized carbons (Fsp3) is 0.353. The van der Waals surface area contributed by atoms with Crippen molar-refractivity contribution < 1.29 is 9.53 Å². The Morgan fingerprint density at radius 1 is 1.29 bits per heavy atom. The van der Waals surface area contributed by atoms with Crippen molar-refractivity contribution in [3.63, 3.8) is 0 Å². The first-order valence-electron chi connectivity index (χ1n) is 7.37. The highest BCUT2D eigenvalue weighted by Crippen LogP contribution is 2.36. The van der Waals surface area contributed by atoms with Crippen molar-refractivity contribution in [3.8, 4) is 11.1 Å². The van der Waals surface area contributed by atoms with Crippen LogP contribution in [-0.4, -0.2) is 12.6 Å². The van der Waals surface area contributed by atoms with Gasteiger partial charge in [0.05, 0.1) is 6.61 Å². The number of anilines is 1. The van der Waals surface area contributed by atoms with Gasteiger partial charge >= 0.3 is 5.97 Å². The third kappa shape index (κ3) is 2.68. The predicted octanol–water partition coefficient (Wildman–Crippen LogP) is 4.05. The Labute approximate surface area is 128 Å². The molecule has 0 bridgehead atoms. The maximum atomic E-state index is 12.1. The molecule has 0 unspecified atom stereocenters. The van der Waals surface area contributed by atoms with Crippen molar-refractivity contribution in [1.29, 1.82) is 0 Å². The normalized spacial score (nSPS) is 13.8. The van der Waals surface area contributed by atoms with Gasteiger partial charge in [-0.05, 0) is 49.3 Å². The van der Waals surface area contributed by atoms with Crippen molar-refractivity contribution in [2.24, 2.45) is 0 Å². The van der Waals surface area contributed by atoms with Crippen LogP contribution in [0.25, 0.3) is 11.1 Å². The molecule has 1 heterocycles. The third-order valence-electron chi connectivity index (χ3n) is 3.96. The summed E-state index contributed by atoms with van der Waals surface area (Å²) >= 11 is 1.39. The molecule has 1 aromatic carbocycles. The summed E-state index contributed by atoms with van der Waals surface area (Å²) < 4.78 is 5.13. The number of hydrogen-bond donors (Lipinski definition) is 1. The molecule has 0 fully saturated rings. The molecule has 0 radical (unpaired) electrons. The molecular formula is C17H19NO2S. The van der Waals surface area contributed by atoms with Gasteiger partial charge in [0.25, 0.3) is 0 Å². The number of fused-ring (bicyclic) bond motifs is 1. The molecule has 1 aromatic heterocycles. The molecule has 3 nitrogen and oxygen atoms in total. The molecule has 0 atom stereocenters. The van der Waals surface area contributed by atoms with Crippen LogP contribution in [0.15, 0.2) is 23.6 Å². The van der Waals surface area contributed by atoms with Crippen molar-refractivity contribution >= 4 is 22.3 Å². The molecule has 2 N–H and O–H groups in total. The van der Waals surface area contributed by atoms with E-state index in [1.165, 1.54) is 35.3 Å². The topological polar surface area (TPSA) is 52.3 Å². The number of hydrogen-bond acceptors (Lipinski definition) is 4. The third-order valence-corrected chi connectivity index (χ3v) is 4.77. The molecule has 21 heavy (non-hydrogen) atoms. The molecule has 1 aliphatic rings. The van der Waals surface area contributed by atoms with E-state index in [9.17, 15) is 4.79 Å². The van der Waals surface area contributed by atoms with Crippen LogP contribution in [0.4, 0.5) is 5.00 Å². The van der Waals surface area contributed by atoms with E-state index in [1.807, 2.05) is 5.38 Å². The zero-order valence-electron chi connectivity index (χ0n) is 12.1.